The number of thiol groups is 1. The van der Waals surface area contributed by atoms with Gasteiger partial charge >= 0.3 is 0 Å². The molecular weight excluding hydrogens is 332 g/mol. The van der Waals surface area contributed by atoms with E-state index < -0.39 is 0 Å². The highest BCUT2D eigenvalue weighted by Gasteiger charge is 3.02. The lowest BCUT2D eigenvalue weighted by atomic mass is 9.20. The van der Waals surface area contributed by atoms with Crippen LogP contribution in [0.4, 0.5) is 0 Å². The molecule has 0 aromatic carbocycles. The van der Waals surface area contributed by atoms with Gasteiger partial charge in [-0.15, -0.1) is 0 Å². The van der Waals surface area contributed by atoms with Crippen molar-refractivity contribution >= 4 is 12.6 Å². The number of hydrogen-bond donors (Lipinski definition) is 1. The summed E-state index contributed by atoms with van der Waals surface area (Å²) >= 11 is 4.72. The van der Waals surface area contributed by atoms with Gasteiger partial charge in [-0.05, 0) is 99.9 Å². The predicted molar refractivity (Wildman–Crippen MR) is 114 cm³/mol. The Morgan fingerprint density at radius 2 is 1.62 bits per heavy atom. The SMILES string of the molecule is CCC1(C)C2(CC2C)C2(C)C(C)C3(C4CCC(CS)C4C)CC12C3(C)C. The second-order valence-electron chi connectivity index (χ2n) is 12.4. The Kier molecular flexibility index (Phi) is 3.23. The Morgan fingerprint density at radius 3 is 2.04 bits per heavy atom. The van der Waals surface area contributed by atoms with Crippen LogP contribution in [-0.2, 0) is 0 Å². The highest BCUT2D eigenvalue weighted by atomic mass is 32.1. The van der Waals surface area contributed by atoms with Crippen LogP contribution in [0, 0.1) is 62.1 Å². The van der Waals surface area contributed by atoms with Crippen LogP contribution >= 0.6 is 12.6 Å². The molecule has 0 heterocycles. The molecule has 2 spiro atoms. The highest BCUT2D eigenvalue weighted by Crippen LogP contribution is 3.07. The van der Waals surface area contributed by atoms with E-state index in [0.29, 0.717) is 32.5 Å². The molecule has 6 aliphatic rings. The summed E-state index contributed by atoms with van der Waals surface area (Å²) in [6, 6.07) is 0. The Morgan fingerprint density at radius 1 is 1.00 bits per heavy atom. The monoisotopic (exact) mass is 374 g/mol. The van der Waals surface area contributed by atoms with Gasteiger partial charge in [-0.25, -0.2) is 0 Å². The maximum Gasteiger partial charge on any atom is -0.00668 e. The van der Waals surface area contributed by atoms with Gasteiger partial charge in [-0.2, -0.15) is 12.6 Å². The van der Waals surface area contributed by atoms with Crippen molar-refractivity contribution in [2.45, 2.75) is 87.5 Å². The van der Waals surface area contributed by atoms with E-state index in [-0.39, 0.29) is 0 Å². The third-order valence-electron chi connectivity index (χ3n) is 13.3. The molecule has 0 aromatic heterocycles. The van der Waals surface area contributed by atoms with Crippen LogP contribution in [-0.4, -0.2) is 5.75 Å². The van der Waals surface area contributed by atoms with Crippen molar-refractivity contribution in [3.8, 4) is 0 Å². The Labute approximate surface area is 168 Å². The van der Waals surface area contributed by atoms with Gasteiger partial charge < -0.3 is 0 Å². The molecule has 0 radical (unpaired) electrons. The first kappa shape index (κ1) is 18.4. The molecule has 0 nitrogen and oxygen atoms in total. The van der Waals surface area contributed by atoms with Crippen LogP contribution in [0.1, 0.15) is 87.5 Å². The van der Waals surface area contributed by atoms with Crippen molar-refractivity contribution in [1.82, 2.24) is 0 Å². The first-order valence-electron chi connectivity index (χ1n) is 11.6. The molecule has 0 amide bonds. The van der Waals surface area contributed by atoms with E-state index in [4.69, 9.17) is 12.6 Å². The van der Waals surface area contributed by atoms with Gasteiger partial charge in [0, 0.05) is 0 Å². The molecule has 6 fully saturated rings. The molecule has 0 aromatic rings. The van der Waals surface area contributed by atoms with Gasteiger partial charge in [0.2, 0.25) is 0 Å². The van der Waals surface area contributed by atoms with Gasteiger partial charge in [-0.1, -0.05) is 55.4 Å². The molecule has 6 saturated carbocycles. The van der Waals surface area contributed by atoms with Crippen molar-refractivity contribution in [3.63, 3.8) is 0 Å². The maximum absolute atomic E-state index is 4.72. The zero-order chi connectivity index (χ0) is 19.1. The first-order chi connectivity index (χ1) is 12.0. The highest BCUT2D eigenvalue weighted by molar-refractivity contribution is 7.80. The largest absolute Gasteiger partial charge is 0.179 e. The van der Waals surface area contributed by atoms with E-state index in [1.165, 1.54) is 32.1 Å². The zero-order valence-corrected chi connectivity index (χ0v) is 19.5. The quantitative estimate of drug-likeness (QED) is 0.501. The van der Waals surface area contributed by atoms with Crippen molar-refractivity contribution < 1.29 is 0 Å². The van der Waals surface area contributed by atoms with E-state index in [1.807, 2.05) is 0 Å². The summed E-state index contributed by atoms with van der Waals surface area (Å²) < 4.78 is 0. The predicted octanol–water partition coefficient (Wildman–Crippen LogP) is 7.09. The summed E-state index contributed by atoms with van der Waals surface area (Å²) in [5.41, 5.74) is 3.46. The number of hydrogen-bond acceptors (Lipinski definition) is 1. The summed E-state index contributed by atoms with van der Waals surface area (Å²) in [7, 11) is 0. The molecule has 10 atom stereocenters. The van der Waals surface area contributed by atoms with Gasteiger partial charge in [-0.3, -0.25) is 0 Å². The molecule has 148 valence electrons. The maximum atomic E-state index is 4.72. The minimum Gasteiger partial charge on any atom is -0.179 e. The first-order valence-corrected chi connectivity index (χ1v) is 12.3. The minimum atomic E-state index is 0.497. The minimum absolute atomic E-state index is 0.497. The molecule has 0 saturated heterocycles. The van der Waals surface area contributed by atoms with Crippen molar-refractivity contribution in [3.05, 3.63) is 0 Å². The lowest BCUT2D eigenvalue weighted by molar-refractivity contribution is -0.361. The van der Waals surface area contributed by atoms with Crippen LogP contribution in [0.5, 0.6) is 0 Å². The molecule has 1 heteroatoms. The molecule has 10 unspecified atom stereocenters. The molecule has 2 bridgehead atoms. The second-order valence-corrected chi connectivity index (χ2v) is 12.8. The average molecular weight is 375 g/mol. The van der Waals surface area contributed by atoms with Gasteiger partial charge in [0.15, 0.2) is 0 Å². The molecule has 6 aliphatic carbocycles. The van der Waals surface area contributed by atoms with Crippen LogP contribution < -0.4 is 0 Å². The fraction of sp³-hybridized carbons (Fsp3) is 1.00. The van der Waals surface area contributed by atoms with Crippen molar-refractivity contribution in [2.75, 3.05) is 5.75 Å². The fourth-order valence-corrected chi connectivity index (χ4v) is 12.9. The summed E-state index contributed by atoms with van der Waals surface area (Å²) in [6.07, 6.45) is 7.33. The Balaban J connectivity index is 1.66. The van der Waals surface area contributed by atoms with E-state index >= 15 is 0 Å². The normalized spacial score (nSPS) is 67.0. The van der Waals surface area contributed by atoms with E-state index in [1.54, 1.807) is 0 Å². The molecule has 0 aliphatic heterocycles. The van der Waals surface area contributed by atoms with Crippen LogP contribution in [0.3, 0.4) is 0 Å². The fourth-order valence-electron chi connectivity index (χ4n) is 12.4. The van der Waals surface area contributed by atoms with Crippen LogP contribution in [0.25, 0.3) is 0 Å². The Bertz CT molecular complexity index is 667. The second kappa shape index (κ2) is 4.57. The summed E-state index contributed by atoms with van der Waals surface area (Å²) in [5, 5.41) is 0. The van der Waals surface area contributed by atoms with E-state index in [0.717, 1.165) is 35.3 Å². The molecule has 26 heavy (non-hydrogen) atoms. The van der Waals surface area contributed by atoms with Gasteiger partial charge in [0.05, 0.1) is 0 Å². The standard InChI is InChI=1S/C25H42S/c1-9-21(7)24(12-15(24)2)22(8)17(4)23(14-25(21,22)20(23,5)6)19-11-10-18(13-26)16(19)3/h15-19,26H,9-14H2,1-8H3. The summed E-state index contributed by atoms with van der Waals surface area (Å²) in [6.45, 7) is 21.3. The lowest BCUT2D eigenvalue weighted by Crippen LogP contribution is -2.78. The van der Waals surface area contributed by atoms with Gasteiger partial charge in [0.25, 0.3) is 0 Å². The molecule has 6 rings (SSSR count). The number of rotatable bonds is 3. The molecule has 0 N–H and O–H groups in total. The third-order valence-corrected chi connectivity index (χ3v) is 13.8. The summed E-state index contributed by atoms with van der Waals surface area (Å²) in [5.74, 6) is 5.59. The third kappa shape index (κ3) is 1.20. The Hall–Kier alpha value is 0.350. The van der Waals surface area contributed by atoms with Crippen LogP contribution in [0.2, 0.25) is 0 Å². The summed E-state index contributed by atoms with van der Waals surface area (Å²) in [4.78, 5) is 0. The smallest absolute Gasteiger partial charge is 0.00668 e. The van der Waals surface area contributed by atoms with E-state index in [9.17, 15) is 0 Å². The van der Waals surface area contributed by atoms with Crippen LogP contribution in [0.15, 0.2) is 0 Å². The molecular formula is C25H42S. The van der Waals surface area contributed by atoms with E-state index in [2.05, 4.69) is 55.4 Å². The topological polar surface area (TPSA) is 0 Å². The van der Waals surface area contributed by atoms with Crippen molar-refractivity contribution in [1.29, 1.82) is 0 Å². The average Bonchev–Trinajstić information content (AvgIpc) is 3.09. The van der Waals surface area contributed by atoms with Gasteiger partial charge in [0.1, 0.15) is 0 Å². The zero-order valence-electron chi connectivity index (χ0n) is 18.6. The lowest BCUT2D eigenvalue weighted by Gasteiger charge is -2.83. The van der Waals surface area contributed by atoms with Crippen molar-refractivity contribution in [2.24, 2.45) is 62.1 Å².